The van der Waals surface area contributed by atoms with E-state index in [1.165, 1.54) is 6.20 Å². The molecule has 3 nitrogen and oxygen atoms in total. The Balaban J connectivity index is 2.85. The van der Waals surface area contributed by atoms with E-state index in [4.69, 9.17) is 10.0 Å². The van der Waals surface area contributed by atoms with Crippen molar-refractivity contribution in [2.45, 2.75) is 0 Å². The van der Waals surface area contributed by atoms with E-state index in [1.807, 2.05) is 0 Å². The maximum Gasteiger partial charge on any atom is 0.490 e. The first kappa shape index (κ1) is 6.86. The van der Waals surface area contributed by atoms with Crippen LogP contribution in [-0.4, -0.2) is 22.2 Å². The quantitative estimate of drug-likeness (QED) is 0.520. The molecule has 1 aromatic heterocycles. The molecule has 0 amide bonds. The van der Waals surface area contributed by atoms with Crippen LogP contribution in [0.15, 0.2) is 16.9 Å². The third-order valence-electron chi connectivity index (χ3n) is 0.968. The third-order valence-corrected chi connectivity index (χ3v) is 1.43. The van der Waals surface area contributed by atoms with Gasteiger partial charge in [0.05, 0.1) is 4.60 Å². The Hall–Kier alpha value is -0.255. The van der Waals surface area contributed by atoms with Crippen LogP contribution in [0.3, 0.4) is 0 Å². The molecule has 0 atom stereocenters. The molecule has 0 saturated carbocycles. The zero-order valence-corrected chi connectivity index (χ0v) is 6.09. The molecule has 0 spiro atoms. The van der Waals surface area contributed by atoms with Crippen LogP contribution in [0.5, 0.6) is 0 Å². The second-order valence-corrected chi connectivity index (χ2v) is 2.51. The van der Waals surface area contributed by atoms with Gasteiger partial charge in [-0.2, -0.15) is 0 Å². The summed E-state index contributed by atoms with van der Waals surface area (Å²) in [4.78, 5) is 2.75. The van der Waals surface area contributed by atoms with Crippen molar-refractivity contribution in [1.82, 2.24) is 4.98 Å². The van der Waals surface area contributed by atoms with Gasteiger partial charge in [0.25, 0.3) is 0 Å². The highest BCUT2D eigenvalue weighted by molar-refractivity contribution is 9.10. The molecule has 0 aliphatic carbocycles. The predicted octanol–water partition coefficient (Wildman–Crippen LogP) is -0.543. The fraction of sp³-hybridized carbons (Fsp3) is 0. The second-order valence-electron chi connectivity index (χ2n) is 1.65. The van der Waals surface area contributed by atoms with E-state index >= 15 is 0 Å². The van der Waals surface area contributed by atoms with Crippen LogP contribution in [0.25, 0.3) is 0 Å². The number of aromatic nitrogens is 1. The monoisotopic (exact) mass is 189 g/mol. The molecular weight excluding hydrogens is 185 g/mol. The SMILES string of the molecule is OB(O)c1c[nH]c(Br)c1. The van der Waals surface area contributed by atoms with Crippen molar-refractivity contribution in [1.29, 1.82) is 0 Å². The van der Waals surface area contributed by atoms with Gasteiger partial charge in [0.15, 0.2) is 0 Å². The lowest BCUT2D eigenvalue weighted by Gasteiger charge is -1.87. The minimum atomic E-state index is -1.38. The maximum absolute atomic E-state index is 8.55. The first-order valence-corrected chi connectivity index (χ1v) is 3.19. The predicted molar refractivity (Wildman–Crippen MR) is 38.3 cm³/mol. The highest BCUT2D eigenvalue weighted by Crippen LogP contribution is 2.01. The Morgan fingerprint density at radius 2 is 2.22 bits per heavy atom. The largest absolute Gasteiger partial charge is 0.490 e. The van der Waals surface area contributed by atoms with Gasteiger partial charge >= 0.3 is 7.12 Å². The summed E-state index contributed by atoms with van der Waals surface area (Å²) in [7, 11) is -1.38. The van der Waals surface area contributed by atoms with E-state index in [2.05, 4.69) is 20.9 Å². The molecule has 0 aromatic carbocycles. The van der Waals surface area contributed by atoms with Crippen molar-refractivity contribution in [3.8, 4) is 0 Å². The van der Waals surface area contributed by atoms with E-state index in [9.17, 15) is 0 Å². The number of hydrogen-bond acceptors (Lipinski definition) is 2. The Morgan fingerprint density at radius 1 is 1.56 bits per heavy atom. The van der Waals surface area contributed by atoms with E-state index in [1.54, 1.807) is 6.07 Å². The third kappa shape index (κ3) is 1.57. The minimum absolute atomic E-state index is 0.460. The van der Waals surface area contributed by atoms with Crippen LogP contribution in [-0.2, 0) is 0 Å². The first-order valence-electron chi connectivity index (χ1n) is 2.40. The topological polar surface area (TPSA) is 56.2 Å². The number of H-pyrrole nitrogens is 1. The Bertz CT molecular complexity index is 200. The zero-order chi connectivity index (χ0) is 6.85. The van der Waals surface area contributed by atoms with Crippen LogP contribution in [0, 0.1) is 0 Å². The molecule has 3 N–H and O–H groups in total. The van der Waals surface area contributed by atoms with Crippen LogP contribution in [0.1, 0.15) is 0 Å². The number of aromatic amines is 1. The summed E-state index contributed by atoms with van der Waals surface area (Å²) in [5, 5.41) is 17.1. The smallest absolute Gasteiger partial charge is 0.423 e. The van der Waals surface area contributed by atoms with Gasteiger partial charge in [0.1, 0.15) is 0 Å². The summed E-state index contributed by atoms with van der Waals surface area (Å²) in [6.45, 7) is 0. The first-order chi connectivity index (χ1) is 4.20. The maximum atomic E-state index is 8.55. The molecule has 0 radical (unpaired) electrons. The fourth-order valence-corrected chi connectivity index (χ4v) is 0.910. The van der Waals surface area contributed by atoms with Crippen LogP contribution >= 0.6 is 15.9 Å². The molecule has 0 saturated heterocycles. The summed E-state index contributed by atoms with van der Waals surface area (Å²) in [5.74, 6) is 0. The lowest BCUT2D eigenvalue weighted by atomic mass is 9.83. The number of halogens is 1. The van der Waals surface area contributed by atoms with Crippen molar-refractivity contribution >= 4 is 28.5 Å². The zero-order valence-electron chi connectivity index (χ0n) is 4.50. The van der Waals surface area contributed by atoms with Crippen molar-refractivity contribution in [3.63, 3.8) is 0 Å². The molecular formula is C4H5BBrNO2. The second kappa shape index (κ2) is 2.55. The number of hydrogen-bond donors (Lipinski definition) is 3. The van der Waals surface area contributed by atoms with Crippen LogP contribution in [0.2, 0.25) is 0 Å². The Labute approximate surface area is 61.0 Å². The average Bonchev–Trinajstić information content (AvgIpc) is 2.14. The summed E-state index contributed by atoms with van der Waals surface area (Å²) >= 11 is 3.12. The van der Waals surface area contributed by atoms with Gasteiger partial charge in [0, 0.05) is 11.7 Å². The van der Waals surface area contributed by atoms with Crippen molar-refractivity contribution in [3.05, 3.63) is 16.9 Å². The van der Waals surface area contributed by atoms with Crippen molar-refractivity contribution < 1.29 is 10.0 Å². The molecule has 1 rings (SSSR count). The number of nitrogens with one attached hydrogen (secondary N) is 1. The van der Waals surface area contributed by atoms with Gasteiger partial charge in [-0.25, -0.2) is 0 Å². The van der Waals surface area contributed by atoms with Gasteiger partial charge in [-0.15, -0.1) is 0 Å². The standard InChI is InChI=1S/C4H5BBrNO2/c6-4-1-3(2-7-4)5(8)9/h1-2,7-9H. The lowest BCUT2D eigenvalue weighted by Crippen LogP contribution is -2.27. The fourth-order valence-electron chi connectivity index (χ4n) is 0.531. The summed E-state index contributed by atoms with van der Waals surface area (Å²) in [6, 6.07) is 1.60. The summed E-state index contributed by atoms with van der Waals surface area (Å²) < 4.78 is 0.741. The van der Waals surface area contributed by atoms with Gasteiger partial charge in [-0.05, 0) is 22.0 Å². The highest BCUT2D eigenvalue weighted by atomic mass is 79.9. The van der Waals surface area contributed by atoms with Gasteiger partial charge < -0.3 is 15.0 Å². The molecule has 5 heteroatoms. The molecule has 0 aliphatic heterocycles. The van der Waals surface area contributed by atoms with Crippen LogP contribution in [0.4, 0.5) is 0 Å². The molecule has 0 fully saturated rings. The number of rotatable bonds is 1. The molecule has 9 heavy (non-hydrogen) atoms. The normalized spacial score (nSPS) is 9.67. The summed E-state index contributed by atoms with van der Waals surface area (Å²) in [5.41, 5.74) is 0.460. The van der Waals surface area contributed by atoms with Crippen molar-refractivity contribution in [2.75, 3.05) is 0 Å². The van der Waals surface area contributed by atoms with E-state index < -0.39 is 7.12 Å². The molecule has 1 heterocycles. The van der Waals surface area contributed by atoms with E-state index in [0.29, 0.717) is 5.46 Å². The Kier molecular flexibility index (Phi) is 1.95. The molecule has 0 bridgehead atoms. The average molecular weight is 190 g/mol. The highest BCUT2D eigenvalue weighted by Gasteiger charge is 2.11. The summed E-state index contributed by atoms with van der Waals surface area (Å²) in [6.07, 6.45) is 1.52. The van der Waals surface area contributed by atoms with Gasteiger partial charge in [-0.3, -0.25) is 0 Å². The van der Waals surface area contributed by atoms with Gasteiger partial charge in [0.2, 0.25) is 0 Å². The lowest BCUT2D eigenvalue weighted by molar-refractivity contribution is 0.426. The van der Waals surface area contributed by atoms with Gasteiger partial charge in [-0.1, -0.05) is 0 Å². The minimum Gasteiger partial charge on any atom is -0.423 e. The van der Waals surface area contributed by atoms with Crippen LogP contribution < -0.4 is 5.46 Å². The molecule has 0 aliphatic rings. The molecule has 1 aromatic rings. The molecule has 0 unspecified atom stereocenters. The van der Waals surface area contributed by atoms with E-state index in [0.717, 1.165) is 4.60 Å². The van der Waals surface area contributed by atoms with E-state index in [-0.39, 0.29) is 0 Å². The Morgan fingerprint density at radius 3 is 2.44 bits per heavy atom. The van der Waals surface area contributed by atoms with Crippen molar-refractivity contribution in [2.24, 2.45) is 0 Å². The molecule has 48 valence electrons.